The van der Waals surface area contributed by atoms with Crippen molar-refractivity contribution >= 4 is 10.8 Å². The highest BCUT2D eigenvalue weighted by molar-refractivity contribution is 5.89. The largest absolute Gasteiger partial charge is 0.497 e. The van der Waals surface area contributed by atoms with Gasteiger partial charge in [0.2, 0.25) is 0 Å². The lowest BCUT2D eigenvalue weighted by atomic mass is 9.97. The van der Waals surface area contributed by atoms with E-state index in [0.29, 0.717) is 10.9 Å². The quantitative estimate of drug-likeness (QED) is 0.298. The predicted molar refractivity (Wildman–Crippen MR) is 108 cm³/mol. The molecule has 0 heterocycles. The van der Waals surface area contributed by atoms with Crippen LogP contribution in [0.15, 0.2) is 60.7 Å². The maximum Gasteiger partial charge on any atom is 0.387 e. The molecule has 0 unspecified atom stereocenters. The second-order valence-electron chi connectivity index (χ2n) is 6.85. The van der Waals surface area contributed by atoms with Gasteiger partial charge in [-0.2, -0.15) is 8.78 Å². The van der Waals surface area contributed by atoms with Crippen molar-refractivity contribution in [3.05, 3.63) is 83.9 Å². The molecule has 0 aliphatic rings. The summed E-state index contributed by atoms with van der Waals surface area (Å²) in [5.41, 5.74) is 0.0605. The van der Waals surface area contributed by atoms with E-state index in [9.17, 15) is 26.3 Å². The fourth-order valence-corrected chi connectivity index (χ4v) is 3.47. The average molecular weight is 448 g/mol. The molecule has 0 radical (unpaired) electrons. The van der Waals surface area contributed by atoms with E-state index in [-0.39, 0.29) is 22.3 Å². The molecule has 0 aliphatic carbocycles. The highest BCUT2D eigenvalue weighted by Crippen LogP contribution is 2.35. The molecule has 0 spiro atoms. The molecular formula is C24H14F6O2. The van der Waals surface area contributed by atoms with Crippen LogP contribution >= 0.6 is 0 Å². The van der Waals surface area contributed by atoms with E-state index in [4.69, 9.17) is 4.74 Å². The van der Waals surface area contributed by atoms with Crippen LogP contribution in [-0.4, -0.2) is 13.7 Å². The van der Waals surface area contributed by atoms with E-state index in [0.717, 1.165) is 24.3 Å². The normalized spacial score (nSPS) is 11.2. The zero-order chi connectivity index (χ0) is 23.0. The molecule has 2 nitrogen and oxygen atoms in total. The third kappa shape index (κ3) is 3.95. The van der Waals surface area contributed by atoms with Crippen LogP contribution in [0.25, 0.3) is 33.0 Å². The summed E-state index contributed by atoms with van der Waals surface area (Å²) in [5, 5.41) is 0.351. The van der Waals surface area contributed by atoms with Crippen molar-refractivity contribution in [3.8, 4) is 33.8 Å². The van der Waals surface area contributed by atoms with Gasteiger partial charge in [-0.15, -0.1) is 0 Å². The van der Waals surface area contributed by atoms with Crippen LogP contribution < -0.4 is 9.47 Å². The number of methoxy groups -OCH3 is 1. The summed E-state index contributed by atoms with van der Waals surface area (Å²) in [4.78, 5) is 0. The van der Waals surface area contributed by atoms with Crippen LogP contribution in [0.4, 0.5) is 26.3 Å². The van der Waals surface area contributed by atoms with Crippen molar-refractivity contribution in [1.29, 1.82) is 0 Å². The Morgan fingerprint density at radius 2 is 1.41 bits per heavy atom. The molecule has 0 amide bonds. The first kappa shape index (κ1) is 21.5. The lowest BCUT2D eigenvalue weighted by Gasteiger charge is -2.12. The van der Waals surface area contributed by atoms with Crippen molar-refractivity contribution in [2.45, 2.75) is 6.61 Å². The Morgan fingerprint density at radius 3 is 2.03 bits per heavy atom. The molecule has 0 bridgehead atoms. The van der Waals surface area contributed by atoms with Crippen LogP contribution in [0.3, 0.4) is 0 Å². The maximum atomic E-state index is 14.9. The van der Waals surface area contributed by atoms with E-state index in [1.165, 1.54) is 43.5 Å². The highest BCUT2D eigenvalue weighted by atomic mass is 19.3. The van der Waals surface area contributed by atoms with Crippen molar-refractivity contribution in [1.82, 2.24) is 0 Å². The molecule has 4 rings (SSSR count). The van der Waals surface area contributed by atoms with Gasteiger partial charge in [0.1, 0.15) is 23.2 Å². The number of hydrogen-bond donors (Lipinski definition) is 0. The summed E-state index contributed by atoms with van der Waals surface area (Å²) in [6, 6.07) is 12.3. The number of ether oxygens (including phenoxy) is 2. The molecular weight excluding hydrogens is 434 g/mol. The minimum Gasteiger partial charge on any atom is -0.497 e. The van der Waals surface area contributed by atoms with Gasteiger partial charge in [0.05, 0.1) is 12.7 Å². The Hall–Kier alpha value is -3.68. The Morgan fingerprint density at radius 1 is 0.719 bits per heavy atom. The summed E-state index contributed by atoms with van der Waals surface area (Å²) in [7, 11) is 1.27. The van der Waals surface area contributed by atoms with Gasteiger partial charge in [0.15, 0.2) is 11.6 Å². The Balaban J connectivity index is 1.74. The summed E-state index contributed by atoms with van der Waals surface area (Å²) >= 11 is 0. The summed E-state index contributed by atoms with van der Waals surface area (Å²) < 4.78 is 91.7. The van der Waals surface area contributed by atoms with E-state index >= 15 is 0 Å². The average Bonchev–Trinajstić information content (AvgIpc) is 2.75. The zero-order valence-corrected chi connectivity index (χ0v) is 16.4. The van der Waals surface area contributed by atoms with E-state index in [1.807, 2.05) is 0 Å². The lowest BCUT2D eigenvalue weighted by Crippen LogP contribution is -2.03. The second-order valence-corrected chi connectivity index (χ2v) is 6.85. The Labute approximate surface area is 178 Å². The van der Waals surface area contributed by atoms with Crippen LogP contribution in [-0.2, 0) is 0 Å². The number of hydrogen-bond acceptors (Lipinski definition) is 2. The standard InChI is InChI=1S/C24H14F6O2/c1-31-15-10-19(26)22(20(27)11-15)14-3-5-16(18(25)9-14)12-2-6-17-13(8-12)4-7-21(23(17)28)32-24(29)30/h2-11,24H,1H3. The van der Waals surface area contributed by atoms with Crippen LogP contribution in [0.1, 0.15) is 0 Å². The van der Waals surface area contributed by atoms with Gasteiger partial charge < -0.3 is 9.47 Å². The van der Waals surface area contributed by atoms with Crippen molar-refractivity contribution in [2.75, 3.05) is 7.11 Å². The third-order valence-corrected chi connectivity index (χ3v) is 4.95. The van der Waals surface area contributed by atoms with Gasteiger partial charge >= 0.3 is 6.61 Å². The Bertz CT molecular complexity index is 1300. The van der Waals surface area contributed by atoms with E-state index in [1.54, 1.807) is 0 Å². The first-order valence-corrected chi connectivity index (χ1v) is 9.29. The van der Waals surface area contributed by atoms with Crippen LogP contribution in [0.2, 0.25) is 0 Å². The monoisotopic (exact) mass is 448 g/mol. The predicted octanol–water partition coefficient (Wildman–Crippen LogP) is 7.34. The number of alkyl halides is 2. The van der Waals surface area contributed by atoms with Gasteiger partial charge in [0.25, 0.3) is 0 Å². The summed E-state index contributed by atoms with van der Waals surface area (Å²) in [6.45, 7) is -3.17. The maximum absolute atomic E-state index is 14.9. The van der Waals surface area contributed by atoms with Gasteiger partial charge in [-0.1, -0.05) is 30.3 Å². The van der Waals surface area contributed by atoms with E-state index < -0.39 is 41.2 Å². The molecule has 0 saturated heterocycles. The van der Waals surface area contributed by atoms with Gasteiger partial charge in [0, 0.05) is 23.1 Å². The molecule has 0 saturated carbocycles. The fourth-order valence-electron chi connectivity index (χ4n) is 3.47. The molecule has 0 atom stereocenters. The van der Waals surface area contributed by atoms with Gasteiger partial charge in [-0.3, -0.25) is 0 Å². The smallest absolute Gasteiger partial charge is 0.387 e. The molecule has 0 aliphatic heterocycles. The van der Waals surface area contributed by atoms with Crippen molar-refractivity contribution in [3.63, 3.8) is 0 Å². The van der Waals surface area contributed by atoms with Crippen molar-refractivity contribution < 1.29 is 35.8 Å². The fraction of sp³-hybridized carbons (Fsp3) is 0.0833. The number of fused-ring (bicyclic) bond motifs is 1. The minimum atomic E-state index is -3.17. The third-order valence-electron chi connectivity index (χ3n) is 4.95. The molecule has 8 heteroatoms. The summed E-state index contributed by atoms with van der Waals surface area (Å²) in [5.74, 6) is -4.13. The number of rotatable bonds is 5. The Kier molecular flexibility index (Phi) is 5.69. The van der Waals surface area contributed by atoms with Crippen LogP contribution in [0, 0.1) is 23.3 Å². The molecule has 4 aromatic rings. The molecule has 0 fully saturated rings. The zero-order valence-electron chi connectivity index (χ0n) is 16.4. The second kappa shape index (κ2) is 8.45. The molecule has 0 N–H and O–H groups in total. The minimum absolute atomic E-state index is 0.00801. The van der Waals surface area contributed by atoms with Crippen molar-refractivity contribution in [2.24, 2.45) is 0 Å². The molecule has 4 aromatic carbocycles. The lowest BCUT2D eigenvalue weighted by molar-refractivity contribution is -0.0520. The molecule has 32 heavy (non-hydrogen) atoms. The molecule has 0 aromatic heterocycles. The first-order valence-electron chi connectivity index (χ1n) is 9.29. The summed E-state index contributed by atoms with van der Waals surface area (Å²) in [6.07, 6.45) is 0. The van der Waals surface area contributed by atoms with Gasteiger partial charge in [-0.05, 0) is 34.7 Å². The SMILES string of the molecule is COc1cc(F)c(-c2ccc(-c3ccc4c(F)c(OC(F)F)ccc4c3)c(F)c2)c(F)c1. The van der Waals surface area contributed by atoms with E-state index in [2.05, 4.69) is 4.74 Å². The van der Waals surface area contributed by atoms with Crippen LogP contribution in [0.5, 0.6) is 11.5 Å². The number of halogens is 6. The van der Waals surface area contributed by atoms with Gasteiger partial charge in [-0.25, -0.2) is 17.6 Å². The number of benzene rings is 4. The highest BCUT2D eigenvalue weighted by Gasteiger charge is 2.17. The topological polar surface area (TPSA) is 18.5 Å². The first-order chi connectivity index (χ1) is 15.3. The molecule has 164 valence electrons.